The van der Waals surface area contributed by atoms with E-state index in [1.807, 2.05) is 43.3 Å². The Hall–Kier alpha value is -2.67. The van der Waals surface area contributed by atoms with Crippen molar-refractivity contribution in [3.63, 3.8) is 0 Å². The maximum absolute atomic E-state index is 12.3. The van der Waals surface area contributed by atoms with Crippen LogP contribution in [0.15, 0.2) is 53.1 Å². The van der Waals surface area contributed by atoms with Crippen molar-refractivity contribution in [2.24, 2.45) is 0 Å². The van der Waals surface area contributed by atoms with Gasteiger partial charge in [-0.3, -0.25) is 4.79 Å². The first-order chi connectivity index (χ1) is 13.6. The zero-order chi connectivity index (χ0) is 19.9. The van der Waals surface area contributed by atoms with Crippen molar-refractivity contribution < 1.29 is 19.2 Å². The number of nitrogens with one attached hydrogen (secondary N) is 1. The third-order valence-corrected chi connectivity index (χ3v) is 4.49. The number of amides is 1. The number of benzene rings is 2. The standard InChI is InChI=1S/C21H21ClN2O4/c1-14-19(20(24-28-14)15-5-3-2-4-6-15)16-7-8-17(18(22)13-16)21(26)23-9-11-27-12-10-25/h2-8,13,25H,9-12H2,1H3,(H,23,26). The highest BCUT2D eigenvalue weighted by Crippen LogP contribution is 2.35. The Morgan fingerprint density at radius 3 is 2.68 bits per heavy atom. The summed E-state index contributed by atoms with van der Waals surface area (Å²) >= 11 is 6.38. The largest absolute Gasteiger partial charge is 0.394 e. The lowest BCUT2D eigenvalue weighted by atomic mass is 9.98. The van der Waals surface area contributed by atoms with Gasteiger partial charge >= 0.3 is 0 Å². The highest BCUT2D eigenvalue weighted by Gasteiger charge is 2.18. The summed E-state index contributed by atoms with van der Waals surface area (Å²) in [5.41, 5.74) is 3.72. The average Bonchev–Trinajstić information content (AvgIpc) is 3.09. The molecule has 1 amide bonds. The van der Waals surface area contributed by atoms with Gasteiger partial charge in [0.25, 0.3) is 5.91 Å². The molecule has 0 spiro atoms. The molecule has 2 N–H and O–H groups in total. The van der Waals surface area contributed by atoms with Crippen molar-refractivity contribution in [3.8, 4) is 22.4 Å². The maximum atomic E-state index is 12.3. The minimum absolute atomic E-state index is 0.0471. The molecule has 0 aliphatic carbocycles. The average molecular weight is 401 g/mol. The summed E-state index contributed by atoms with van der Waals surface area (Å²) in [5.74, 6) is 0.391. The summed E-state index contributed by atoms with van der Waals surface area (Å²) in [4.78, 5) is 12.3. The van der Waals surface area contributed by atoms with Crippen molar-refractivity contribution >= 4 is 17.5 Å². The number of aliphatic hydroxyl groups is 1. The lowest BCUT2D eigenvalue weighted by Gasteiger charge is -2.09. The van der Waals surface area contributed by atoms with E-state index in [1.165, 1.54) is 0 Å². The number of rotatable bonds is 8. The SMILES string of the molecule is Cc1onc(-c2ccccc2)c1-c1ccc(C(=O)NCCOCCO)c(Cl)c1. The third-order valence-electron chi connectivity index (χ3n) is 4.18. The molecule has 2 aromatic carbocycles. The Labute approximate surface area is 168 Å². The number of hydrogen-bond acceptors (Lipinski definition) is 5. The second-order valence-corrected chi connectivity index (χ2v) is 6.52. The number of ether oxygens (including phenoxy) is 1. The number of halogens is 1. The van der Waals surface area contributed by atoms with Crippen LogP contribution in [-0.4, -0.2) is 42.5 Å². The Bertz CT molecular complexity index is 941. The van der Waals surface area contributed by atoms with Crippen LogP contribution in [0.2, 0.25) is 5.02 Å². The number of carbonyl (C=O) groups is 1. The second kappa shape index (κ2) is 9.50. The van der Waals surface area contributed by atoms with Crippen molar-refractivity contribution in [1.82, 2.24) is 10.5 Å². The molecule has 3 aromatic rings. The van der Waals surface area contributed by atoms with Crippen molar-refractivity contribution in [3.05, 3.63) is 64.9 Å². The van der Waals surface area contributed by atoms with E-state index >= 15 is 0 Å². The summed E-state index contributed by atoms with van der Waals surface area (Å²) in [6, 6.07) is 15.0. The molecule has 0 saturated carbocycles. The van der Waals surface area contributed by atoms with Gasteiger partial charge in [-0.15, -0.1) is 0 Å². The summed E-state index contributed by atoms with van der Waals surface area (Å²) in [5, 5.41) is 15.9. The predicted octanol–water partition coefficient (Wildman–Crippen LogP) is 3.71. The summed E-state index contributed by atoms with van der Waals surface area (Å²) in [6.07, 6.45) is 0. The first-order valence-electron chi connectivity index (χ1n) is 8.90. The van der Waals surface area contributed by atoms with Crippen molar-refractivity contribution in [2.45, 2.75) is 6.92 Å². The number of aromatic nitrogens is 1. The molecule has 3 rings (SSSR count). The Morgan fingerprint density at radius 2 is 1.96 bits per heavy atom. The van der Waals surface area contributed by atoms with Gasteiger partial charge in [-0.05, 0) is 24.6 Å². The molecule has 6 nitrogen and oxygen atoms in total. The van der Waals surface area contributed by atoms with E-state index in [9.17, 15) is 4.79 Å². The molecular formula is C21H21ClN2O4. The fourth-order valence-corrected chi connectivity index (χ4v) is 3.12. The number of aryl methyl sites for hydroxylation is 1. The van der Waals surface area contributed by atoms with Crippen LogP contribution in [0, 0.1) is 6.92 Å². The van der Waals surface area contributed by atoms with Crippen LogP contribution in [0.25, 0.3) is 22.4 Å². The summed E-state index contributed by atoms with van der Waals surface area (Å²) in [6.45, 7) is 2.69. The molecule has 0 fully saturated rings. The molecule has 0 bridgehead atoms. The molecule has 28 heavy (non-hydrogen) atoms. The molecule has 1 heterocycles. The number of carbonyl (C=O) groups excluding carboxylic acids is 1. The van der Waals surface area contributed by atoms with E-state index in [4.69, 9.17) is 26.0 Å². The molecule has 0 aliphatic rings. The molecular weight excluding hydrogens is 380 g/mol. The molecule has 0 unspecified atom stereocenters. The van der Waals surface area contributed by atoms with Gasteiger partial charge in [0.1, 0.15) is 11.5 Å². The highest BCUT2D eigenvalue weighted by atomic mass is 35.5. The van der Waals surface area contributed by atoms with Crippen molar-refractivity contribution in [1.29, 1.82) is 0 Å². The first-order valence-corrected chi connectivity index (χ1v) is 9.28. The molecule has 7 heteroatoms. The van der Waals surface area contributed by atoms with Gasteiger partial charge in [0.2, 0.25) is 0 Å². The predicted molar refractivity (Wildman–Crippen MR) is 107 cm³/mol. The highest BCUT2D eigenvalue weighted by molar-refractivity contribution is 6.34. The van der Waals surface area contributed by atoms with Crippen LogP contribution in [0.5, 0.6) is 0 Å². The topological polar surface area (TPSA) is 84.6 Å². The zero-order valence-corrected chi connectivity index (χ0v) is 16.2. The lowest BCUT2D eigenvalue weighted by Crippen LogP contribution is -2.27. The third kappa shape index (κ3) is 4.59. The first kappa shape index (κ1) is 20.1. The monoisotopic (exact) mass is 400 g/mol. The van der Waals surface area contributed by atoms with Crippen LogP contribution >= 0.6 is 11.6 Å². The molecule has 0 aliphatic heterocycles. The Balaban J connectivity index is 1.80. The summed E-state index contributed by atoms with van der Waals surface area (Å²) < 4.78 is 10.5. The zero-order valence-electron chi connectivity index (χ0n) is 15.4. The van der Waals surface area contributed by atoms with E-state index < -0.39 is 0 Å². The normalized spacial score (nSPS) is 10.8. The minimum atomic E-state index is -0.283. The summed E-state index contributed by atoms with van der Waals surface area (Å²) in [7, 11) is 0. The van der Waals surface area contributed by atoms with Crippen LogP contribution in [0.1, 0.15) is 16.1 Å². The van der Waals surface area contributed by atoms with Crippen molar-refractivity contribution in [2.75, 3.05) is 26.4 Å². The van der Waals surface area contributed by atoms with Gasteiger partial charge in [0.05, 0.1) is 36.0 Å². The lowest BCUT2D eigenvalue weighted by molar-refractivity contribution is 0.0838. The molecule has 1 aromatic heterocycles. The fourth-order valence-electron chi connectivity index (χ4n) is 2.86. The minimum Gasteiger partial charge on any atom is -0.394 e. The molecule has 0 saturated heterocycles. The Morgan fingerprint density at radius 1 is 1.18 bits per heavy atom. The van der Waals surface area contributed by atoms with E-state index in [1.54, 1.807) is 12.1 Å². The number of aliphatic hydroxyl groups excluding tert-OH is 1. The maximum Gasteiger partial charge on any atom is 0.252 e. The van der Waals surface area contributed by atoms with Gasteiger partial charge in [-0.25, -0.2) is 0 Å². The van der Waals surface area contributed by atoms with Crippen LogP contribution in [0.4, 0.5) is 0 Å². The number of nitrogens with zero attached hydrogens (tertiary/aromatic N) is 1. The van der Waals surface area contributed by atoms with E-state index in [2.05, 4.69) is 10.5 Å². The van der Waals surface area contributed by atoms with E-state index in [-0.39, 0.29) is 19.1 Å². The van der Waals surface area contributed by atoms with E-state index in [0.717, 1.165) is 22.4 Å². The van der Waals surface area contributed by atoms with Crippen LogP contribution in [-0.2, 0) is 4.74 Å². The molecule has 0 atom stereocenters. The molecule has 146 valence electrons. The quantitative estimate of drug-likeness (QED) is 0.563. The fraction of sp³-hybridized carbons (Fsp3) is 0.238. The van der Waals surface area contributed by atoms with Gasteiger partial charge < -0.3 is 19.7 Å². The Kier molecular flexibility index (Phi) is 6.81. The van der Waals surface area contributed by atoms with Gasteiger partial charge in [-0.1, -0.05) is 53.2 Å². The van der Waals surface area contributed by atoms with Crippen LogP contribution in [0.3, 0.4) is 0 Å². The van der Waals surface area contributed by atoms with E-state index in [0.29, 0.717) is 29.5 Å². The van der Waals surface area contributed by atoms with Gasteiger partial charge in [-0.2, -0.15) is 0 Å². The van der Waals surface area contributed by atoms with Gasteiger partial charge in [0.15, 0.2) is 0 Å². The number of hydrogen-bond donors (Lipinski definition) is 2. The smallest absolute Gasteiger partial charge is 0.252 e. The van der Waals surface area contributed by atoms with Gasteiger partial charge in [0, 0.05) is 12.1 Å². The molecule has 0 radical (unpaired) electrons. The second-order valence-electron chi connectivity index (χ2n) is 6.11. The van der Waals surface area contributed by atoms with Crippen LogP contribution < -0.4 is 5.32 Å².